The minimum absolute atomic E-state index is 0.0290. The molecule has 0 spiro atoms. The van der Waals surface area contributed by atoms with Gasteiger partial charge in [-0.15, -0.1) is 0 Å². The molecule has 2 amide bonds. The molecule has 1 saturated heterocycles. The van der Waals surface area contributed by atoms with Crippen LogP contribution in [0.1, 0.15) is 16.7 Å². The first-order valence-corrected chi connectivity index (χ1v) is 11.2. The summed E-state index contributed by atoms with van der Waals surface area (Å²) >= 11 is 0. The van der Waals surface area contributed by atoms with Crippen molar-refractivity contribution in [3.8, 4) is 0 Å². The smallest absolute Gasteiger partial charge is 0.234 e. The highest BCUT2D eigenvalue weighted by atomic mass is 16.2. The van der Waals surface area contributed by atoms with Gasteiger partial charge in [-0.3, -0.25) is 14.5 Å². The first-order valence-electron chi connectivity index (χ1n) is 11.2. The minimum atomic E-state index is -0.293. The van der Waals surface area contributed by atoms with Crippen molar-refractivity contribution in [2.24, 2.45) is 23.7 Å². The molecule has 3 aliphatic rings. The summed E-state index contributed by atoms with van der Waals surface area (Å²) < 4.78 is 0. The summed E-state index contributed by atoms with van der Waals surface area (Å²) in [6, 6.07) is 30.5. The Hall–Kier alpha value is -3.72. The van der Waals surface area contributed by atoms with Crippen molar-refractivity contribution in [1.29, 1.82) is 0 Å². The minimum Gasteiger partial charge on any atom is -0.278 e. The topological polar surface area (TPSA) is 37.4 Å². The number of benzene rings is 3. The van der Waals surface area contributed by atoms with E-state index in [1.54, 1.807) is 0 Å². The highest BCUT2D eigenvalue weighted by Gasteiger charge is 2.62. The maximum Gasteiger partial charge on any atom is 0.234 e. The van der Waals surface area contributed by atoms with Crippen LogP contribution in [0.3, 0.4) is 0 Å². The van der Waals surface area contributed by atoms with Gasteiger partial charge < -0.3 is 0 Å². The van der Waals surface area contributed by atoms with Crippen LogP contribution in [0, 0.1) is 23.7 Å². The van der Waals surface area contributed by atoms with E-state index in [2.05, 4.69) is 36.4 Å². The van der Waals surface area contributed by atoms with Crippen LogP contribution in [0.2, 0.25) is 0 Å². The second kappa shape index (κ2) is 7.45. The van der Waals surface area contributed by atoms with Crippen molar-refractivity contribution in [3.05, 3.63) is 125 Å². The second-order valence-corrected chi connectivity index (χ2v) is 8.80. The largest absolute Gasteiger partial charge is 0.278 e. The fourth-order valence-corrected chi connectivity index (χ4v) is 5.79. The molecule has 3 aromatic carbocycles. The van der Waals surface area contributed by atoms with E-state index in [0.29, 0.717) is 6.54 Å². The van der Waals surface area contributed by atoms with Gasteiger partial charge in [0.05, 0.1) is 18.4 Å². The number of carbonyl (C=O) groups excluding carboxylic acids is 2. The zero-order valence-corrected chi connectivity index (χ0v) is 17.6. The highest BCUT2D eigenvalue weighted by Crippen LogP contribution is 2.58. The first kappa shape index (κ1) is 19.0. The van der Waals surface area contributed by atoms with E-state index in [1.807, 2.05) is 66.7 Å². The molecular weight excluding hydrogens is 394 g/mol. The molecule has 156 valence electrons. The predicted octanol–water partition coefficient (Wildman–Crippen LogP) is 5.11. The zero-order valence-electron chi connectivity index (χ0n) is 17.6. The number of amides is 2. The van der Waals surface area contributed by atoms with Gasteiger partial charge in [0, 0.05) is 11.8 Å². The lowest BCUT2D eigenvalue weighted by Crippen LogP contribution is -2.32. The molecular formula is C29H23NO2. The quantitative estimate of drug-likeness (QED) is 0.437. The van der Waals surface area contributed by atoms with Crippen molar-refractivity contribution < 1.29 is 9.59 Å². The van der Waals surface area contributed by atoms with Gasteiger partial charge in [0.1, 0.15) is 0 Å². The maximum absolute atomic E-state index is 13.5. The number of likely N-dealkylation sites (tertiary alicyclic amines) is 1. The lowest BCUT2D eigenvalue weighted by atomic mass is 9.85. The molecule has 0 N–H and O–H groups in total. The molecule has 2 fully saturated rings. The van der Waals surface area contributed by atoms with Crippen molar-refractivity contribution in [2.45, 2.75) is 6.54 Å². The third kappa shape index (κ3) is 2.81. The normalized spacial score (nSPS) is 25.5. The molecule has 4 atom stereocenters. The van der Waals surface area contributed by atoms with Crippen LogP contribution >= 0.6 is 0 Å². The first-order chi connectivity index (χ1) is 15.7. The van der Waals surface area contributed by atoms with E-state index in [9.17, 15) is 9.59 Å². The van der Waals surface area contributed by atoms with Crippen LogP contribution in [-0.2, 0) is 16.1 Å². The van der Waals surface area contributed by atoms with E-state index in [0.717, 1.165) is 22.3 Å². The van der Waals surface area contributed by atoms with Crippen LogP contribution in [0.4, 0.5) is 0 Å². The van der Waals surface area contributed by atoms with Gasteiger partial charge in [-0.05, 0) is 27.8 Å². The van der Waals surface area contributed by atoms with Gasteiger partial charge in [0.15, 0.2) is 0 Å². The summed E-state index contributed by atoms with van der Waals surface area (Å²) in [5.41, 5.74) is 5.63. The van der Waals surface area contributed by atoms with E-state index in [4.69, 9.17) is 0 Å². The average molecular weight is 418 g/mol. The number of hydrogen-bond acceptors (Lipinski definition) is 2. The molecule has 3 aromatic rings. The fraction of sp³-hybridized carbons (Fsp3) is 0.172. The summed E-state index contributed by atoms with van der Waals surface area (Å²) in [6.07, 6.45) is 4.31. The Labute approximate surface area is 187 Å². The monoisotopic (exact) mass is 417 g/mol. The Kier molecular flexibility index (Phi) is 4.43. The number of hydrogen-bond donors (Lipinski definition) is 0. The number of rotatable bonds is 4. The molecule has 1 heterocycles. The summed E-state index contributed by atoms with van der Waals surface area (Å²) in [4.78, 5) is 28.4. The summed E-state index contributed by atoms with van der Waals surface area (Å²) in [5, 5.41) is 0. The van der Waals surface area contributed by atoms with Crippen molar-refractivity contribution in [1.82, 2.24) is 4.90 Å². The third-order valence-corrected chi connectivity index (χ3v) is 7.10. The van der Waals surface area contributed by atoms with Crippen molar-refractivity contribution >= 4 is 17.4 Å². The van der Waals surface area contributed by atoms with Crippen LogP contribution in [0.25, 0.3) is 5.57 Å². The Balaban J connectivity index is 1.44. The molecule has 2 bridgehead atoms. The van der Waals surface area contributed by atoms with E-state index < -0.39 is 0 Å². The van der Waals surface area contributed by atoms with Gasteiger partial charge in [-0.2, -0.15) is 0 Å². The van der Waals surface area contributed by atoms with Gasteiger partial charge >= 0.3 is 0 Å². The molecule has 2 aliphatic carbocycles. The molecule has 3 heteroatoms. The van der Waals surface area contributed by atoms with Gasteiger partial charge in [-0.1, -0.05) is 103 Å². The average Bonchev–Trinajstić information content (AvgIpc) is 3.47. The Morgan fingerprint density at radius 2 is 1.06 bits per heavy atom. The molecule has 0 radical (unpaired) electrons. The number of carbonyl (C=O) groups is 2. The van der Waals surface area contributed by atoms with Crippen molar-refractivity contribution in [2.75, 3.05) is 0 Å². The third-order valence-electron chi connectivity index (χ3n) is 7.10. The summed E-state index contributed by atoms with van der Waals surface area (Å²) in [7, 11) is 0. The zero-order chi connectivity index (χ0) is 21.7. The molecule has 6 rings (SSSR count). The maximum atomic E-state index is 13.5. The van der Waals surface area contributed by atoms with Gasteiger partial charge in [0.25, 0.3) is 0 Å². The number of imide groups is 1. The van der Waals surface area contributed by atoms with Crippen LogP contribution < -0.4 is 0 Å². The lowest BCUT2D eigenvalue weighted by Gasteiger charge is -2.21. The molecule has 1 saturated carbocycles. The lowest BCUT2D eigenvalue weighted by molar-refractivity contribution is -0.141. The molecule has 32 heavy (non-hydrogen) atoms. The summed E-state index contributed by atoms with van der Waals surface area (Å²) in [6.45, 7) is 0.355. The second-order valence-electron chi connectivity index (χ2n) is 8.80. The Bertz CT molecular complexity index is 1170. The molecule has 0 unspecified atom stereocenters. The van der Waals surface area contributed by atoms with Crippen LogP contribution in [0.15, 0.2) is 109 Å². The van der Waals surface area contributed by atoms with Gasteiger partial charge in [-0.25, -0.2) is 0 Å². The Morgan fingerprint density at radius 3 is 1.53 bits per heavy atom. The van der Waals surface area contributed by atoms with E-state index >= 15 is 0 Å². The summed E-state index contributed by atoms with van der Waals surface area (Å²) in [5.74, 6) is -0.704. The van der Waals surface area contributed by atoms with Crippen molar-refractivity contribution in [3.63, 3.8) is 0 Å². The van der Waals surface area contributed by atoms with Gasteiger partial charge in [0.2, 0.25) is 11.8 Å². The predicted molar refractivity (Wildman–Crippen MR) is 124 cm³/mol. The molecule has 0 aromatic heterocycles. The SMILES string of the molecule is O=C1[C@@H]2[C@H](C(=O)N1Cc1ccccc1)[C@H]1C=C[C@@H]2C1=C(c1ccccc1)c1ccccc1. The highest BCUT2D eigenvalue weighted by molar-refractivity contribution is 6.08. The number of allylic oxidation sites excluding steroid dienone is 3. The molecule has 1 aliphatic heterocycles. The number of fused-ring (bicyclic) bond motifs is 5. The Morgan fingerprint density at radius 1 is 0.625 bits per heavy atom. The fourth-order valence-electron chi connectivity index (χ4n) is 5.79. The number of nitrogens with zero attached hydrogens (tertiary/aromatic N) is 1. The van der Waals surface area contributed by atoms with Crippen LogP contribution in [-0.4, -0.2) is 16.7 Å². The van der Waals surface area contributed by atoms with Crippen LogP contribution in [0.5, 0.6) is 0 Å². The standard InChI is InChI=1S/C29H23NO2/c31-28-26-22-16-17-23(27(26)29(32)30(28)18-19-10-4-1-5-11-19)25(22)24(20-12-6-2-7-13-20)21-14-8-3-9-15-21/h1-17,22-23,26-27H,18H2/t22-,23+,26+,27-. The molecule has 3 nitrogen and oxygen atoms in total. The van der Waals surface area contributed by atoms with E-state index in [1.165, 1.54) is 10.5 Å². The van der Waals surface area contributed by atoms with E-state index in [-0.39, 0.29) is 35.5 Å².